The van der Waals surface area contributed by atoms with Crippen LogP contribution in [0, 0.1) is 0 Å². The molecule has 1 aromatic carbocycles. The molecule has 0 aliphatic carbocycles. The fourth-order valence-electron chi connectivity index (χ4n) is 2.62. The number of benzene rings is 1. The first kappa shape index (κ1) is 22.8. The van der Waals surface area contributed by atoms with E-state index in [0.717, 1.165) is 11.4 Å². The van der Waals surface area contributed by atoms with Crippen LogP contribution >= 0.6 is 0 Å². The molecule has 170 valence electrons. The third kappa shape index (κ3) is 5.65. The van der Waals surface area contributed by atoms with E-state index >= 15 is 0 Å². The monoisotopic (exact) mass is 451 g/mol. The van der Waals surface area contributed by atoms with Crippen LogP contribution in [0.15, 0.2) is 41.1 Å². The maximum absolute atomic E-state index is 12.6. The molecule has 0 unspecified atom stereocenters. The molecule has 1 amide bonds. The number of alkyl carbamates (subject to hydrolysis) is 1. The molecular formula is C20H20F3N5O4. The number of nitrogens with zero attached hydrogens (tertiary/aromatic N) is 4. The van der Waals surface area contributed by atoms with Gasteiger partial charge >= 0.3 is 18.2 Å². The molecule has 2 heterocycles. The number of anilines is 1. The third-order valence-electron chi connectivity index (χ3n) is 4.27. The molecule has 0 aliphatic heterocycles. The number of hydrogen-bond acceptors (Lipinski definition) is 8. The van der Waals surface area contributed by atoms with Crippen molar-refractivity contribution in [3.8, 4) is 17.1 Å². The normalized spacial score (nSPS) is 11.2. The van der Waals surface area contributed by atoms with Crippen molar-refractivity contribution < 1.29 is 32.0 Å². The molecule has 0 saturated heterocycles. The summed E-state index contributed by atoms with van der Waals surface area (Å²) in [5.41, 5.74) is 1.57. The number of methoxy groups -OCH3 is 1. The number of hydrogen-bond donors (Lipinski definition) is 1. The van der Waals surface area contributed by atoms with E-state index in [4.69, 9.17) is 9.47 Å². The lowest BCUT2D eigenvalue weighted by Gasteiger charge is -2.12. The molecule has 0 bridgehead atoms. The van der Waals surface area contributed by atoms with Crippen molar-refractivity contribution in [3.63, 3.8) is 0 Å². The lowest BCUT2D eigenvalue weighted by atomic mass is 10.1. The van der Waals surface area contributed by atoms with E-state index in [1.807, 2.05) is 25.1 Å². The first-order valence-corrected chi connectivity index (χ1v) is 9.28. The molecule has 0 saturated carbocycles. The van der Waals surface area contributed by atoms with Gasteiger partial charge in [0.15, 0.2) is 0 Å². The molecule has 3 aromatic rings. The van der Waals surface area contributed by atoms with Gasteiger partial charge in [-0.3, -0.25) is 0 Å². The van der Waals surface area contributed by atoms with Gasteiger partial charge < -0.3 is 24.2 Å². The molecule has 0 fully saturated rings. The van der Waals surface area contributed by atoms with Gasteiger partial charge in [-0.15, -0.1) is 0 Å². The van der Waals surface area contributed by atoms with E-state index in [1.165, 1.54) is 19.2 Å². The Bertz CT molecular complexity index is 1070. The average Bonchev–Trinajstić information content (AvgIpc) is 3.27. The molecule has 3 rings (SSSR count). The number of carbonyl (C=O) groups excluding carboxylic acids is 1. The SMILES string of the molecule is COc1cc(-c2noc(C(F)(F)F)n2)ccc1CNC(=O)OCc1ccc(N(C)C)nc1. The van der Waals surface area contributed by atoms with E-state index in [2.05, 4.69) is 25.0 Å². The van der Waals surface area contributed by atoms with Crippen LogP contribution in [0.1, 0.15) is 17.0 Å². The Morgan fingerprint density at radius 1 is 1.22 bits per heavy atom. The number of ether oxygens (including phenoxy) is 2. The highest BCUT2D eigenvalue weighted by molar-refractivity contribution is 5.67. The van der Waals surface area contributed by atoms with Crippen molar-refractivity contribution in [1.82, 2.24) is 20.4 Å². The highest BCUT2D eigenvalue weighted by Gasteiger charge is 2.38. The molecule has 2 aromatic heterocycles. The first-order valence-electron chi connectivity index (χ1n) is 9.28. The van der Waals surface area contributed by atoms with E-state index < -0.39 is 18.2 Å². The summed E-state index contributed by atoms with van der Waals surface area (Å²) >= 11 is 0. The topological polar surface area (TPSA) is 103 Å². The molecule has 32 heavy (non-hydrogen) atoms. The van der Waals surface area contributed by atoms with Crippen molar-refractivity contribution in [3.05, 3.63) is 53.5 Å². The van der Waals surface area contributed by atoms with Gasteiger partial charge in [-0.2, -0.15) is 18.2 Å². The minimum absolute atomic E-state index is 0.0436. The summed E-state index contributed by atoms with van der Waals surface area (Å²) in [4.78, 5) is 21.4. The molecule has 9 nitrogen and oxygen atoms in total. The Labute approximate surface area is 181 Å². The summed E-state index contributed by atoms with van der Waals surface area (Å²) in [5, 5.41) is 5.93. The number of aromatic nitrogens is 3. The number of pyridine rings is 1. The zero-order valence-electron chi connectivity index (χ0n) is 17.4. The molecule has 1 N–H and O–H groups in total. The van der Waals surface area contributed by atoms with Crippen LogP contribution in [0.4, 0.5) is 23.8 Å². The van der Waals surface area contributed by atoms with Gasteiger partial charge in [-0.1, -0.05) is 23.4 Å². The summed E-state index contributed by atoms with van der Waals surface area (Å²) in [5.74, 6) is -0.566. The Kier molecular flexibility index (Phi) is 6.81. The Morgan fingerprint density at radius 3 is 2.59 bits per heavy atom. The molecule has 0 atom stereocenters. The van der Waals surface area contributed by atoms with Crippen molar-refractivity contribution in [1.29, 1.82) is 0 Å². The summed E-state index contributed by atoms with van der Waals surface area (Å²) < 4.78 is 52.6. The van der Waals surface area contributed by atoms with E-state index in [1.54, 1.807) is 18.3 Å². The standard InChI is InChI=1S/C20H20F3N5O4/c1-28(2)16-7-4-12(9-24-16)11-31-19(29)25-10-14-6-5-13(8-15(14)30-3)17-26-18(32-27-17)20(21,22)23/h4-9H,10-11H2,1-3H3,(H,25,29). The highest BCUT2D eigenvalue weighted by Crippen LogP contribution is 2.31. The van der Waals surface area contributed by atoms with Gasteiger partial charge in [0.2, 0.25) is 5.82 Å². The first-order chi connectivity index (χ1) is 15.2. The van der Waals surface area contributed by atoms with Gasteiger partial charge in [0.25, 0.3) is 0 Å². The zero-order chi connectivity index (χ0) is 23.3. The Hall–Kier alpha value is -3.83. The number of alkyl halides is 3. The second-order valence-electron chi connectivity index (χ2n) is 6.80. The van der Waals surface area contributed by atoms with Crippen LogP contribution in [0.2, 0.25) is 0 Å². The van der Waals surface area contributed by atoms with Crippen LogP contribution < -0.4 is 15.0 Å². The van der Waals surface area contributed by atoms with Crippen LogP contribution in [-0.2, 0) is 24.1 Å². The van der Waals surface area contributed by atoms with Crippen molar-refractivity contribution in [2.24, 2.45) is 0 Å². The van der Waals surface area contributed by atoms with Gasteiger partial charge in [0.05, 0.1) is 7.11 Å². The van der Waals surface area contributed by atoms with E-state index in [0.29, 0.717) is 11.3 Å². The molecule has 12 heteroatoms. The maximum atomic E-state index is 12.6. The number of halogens is 3. The summed E-state index contributed by atoms with van der Waals surface area (Å²) in [6.07, 6.45) is -3.77. The Morgan fingerprint density at radius 2 is 2.00 bits per heavy atom. The number of carbonyl (C=O) groups is 1. The Balaban J connectivity index is 1.58. The largest absolute Gasteiger partial charge is 0.496 e. The predicted octanol–water partition coefficient (Wildman–Crippen LogP) is 3.65. The summed E-state index contributed by atoms with van der Waals surface area (Å²) in [7, 11) is 5.13. The zero-order valence-corrected chi connectivity index (χ0v) is 17.4. The minimum atomic E-state index is -4.73. The van der Waals surface area contributed by atoms with Crippen LogP contribution in [-0.4, -0.2) is 42.4 Å². The molecule has 0 radical (unpaired) electrons. The van der Waals surface area contributed by atoms with Crippen molar-refractivity contribution >= 4 is 11.9 Å². The number of rotatable bonds is 7. The van der Waals surface area contributed by atoms with Crippen molar-refractivity contribution in [2.75, 3.05) is 26.1 Å². The smallest absolute Gasteiger partial charge is 0.471 e. The van der Waals surface area contributed by atoms with Gasteiger partial charge in [0, 0.05) is 43.5 Å². The second-order valence-corrected chi connectivity index (χ2v) is 6.80. The van der Waals surface area contributed by atoms with Gasteiger partial charge in [0.1, 0.15) is 18.2 Å². The van der Waals surface area contributed by atoms with Crippen molar-refractivity contribution in [2.45, 2.75) is 19.3 Å². The molecule has 0 aliphatic rings. The highest BCUT2D eigenvalue weighted by atomic mass is 19.4. The summed E-state index contributed by atoms with van der Waals surface area (Å²) in [6, 6.07) is 8.13. The lowest BCUT2D eigenvalue weighted by molar-refractivity contribution is -0.159. The van der Waals surface area contributed by atoms with Crippen LogP contribution in [0.25, 0.3) is 11.4 Å². The number of amides is 1. The van der Waals surface area contributed by atoms with Crippen LogP contribution in [0.3, 0.4) is 0 Å². The maximum Gasteiger partial charge on any atom is 0.471 e. The second kappa shape index (κ2) is 9.54. The third-order valence-corrected chi connectivity index (χ3v) is 4.27. The minimum Gasteiger partial charge on any atom is -0.496 e. The predicted molar refractivity (Wildman–Crippen MR) is 107 cm³/mol. The molecule has 0 spiro atoms. The fraction of sp³-hybridized carbons (Fsp3) is 0.300. The van der Waals surface area contributed by atoms with E-state index in [9.17, 15) is 18.0 Å². The quantitative estimate of drug-likeness (QED) is 0.581. The molecular weight excluding hydrogens is 431 g/mol. The van der Waals surface area contributed by atoms with E-state index in [-0.39, 0.29) is 24.5 Å². The van der Waals surface area contributed by atoms with Crippen LogP contribution in [0.5, 0.6) is 5.75 Å². The summed E-state index contributed by atoms with van der Waals surface area (Å²) in [6.45, 7) is 0.113. The number of nitrogens with one attached hydrogen (secondary N) is 1. The van der Waals surface area contributed by atoms with Gasteiger partial charge in [-0.05, 0) is 12.1 Å². The average molecular weight is 451 g/mol. The lowest BCUT2D eigenvalue weighted by Crippen LogP contribution is -2.24. The fourth-order valence-corrected chi connectivity index (χ4v) is 2.62. The van der Waals surface area contributed by atoms with Gasteiger partial charge in [-0.25, -0.2) is 9.78 Å².